The van der Waals surface area contributed by atoms with E-state index in [0.29, 0.717) is 11.1 Å². The summed E-state index contributed by atoms with van der Waals surface area (Å²) in [5.41, 5.74) is 7.60. The van der Waals surface area contributed by atoms with Crippen molar-refractivity contribution < 1.29 is 9.63 Å². The second-order valence-electron chi connectivity index (χ2n) is 6.05. The Morgan fingerprint density at radius 1 is 1.37 bits per heavy atom. The van der Waals surface area contributed by atoms with Crippen molar-refractivity contribution in [2.75, 3.05) is 19.9 Å². The fourth-order valence-corrected chi connectivity index (χ4v) is 3.46. The van der Waals surface area contributed by atoms with Crippen LogP contribution in [0.4, 0.5) is 5.69 Å². The highest BCUT2D eigenvalue weighted by Crippen LogP contribution is 2.69. The van der Waals surface area contributed by atoms with E-state index in [1.165, 1.54) is 25.0 Å². The van der Waals surface area contributed by atoms with Crippen molar-refractivity contribution in [1.29, 1.82) is 0 Å². The maximum absolute atomic E-state index is 12.7. The summed E-state index contributed by atoms with van der Waals surface area (Å²) in [5.74, 6) is 0.0399. The average Bonchev–Trinajstić information content (AvgIpc) is 3.15. The normalized spacial score (nSPS) is 21.8. The Balaban J connectivity index is 1.96. The maximum Gasteiger partial charge on any atom is 0.256 e. The summed E-state index contributed by atoms with van der Waals surface area (Å²) in [6.07, 6.45) is 4.36. The summed E-state index contributed by atoms with van der Waals surface area (Å²) in [4.78, 5) is 17.8. The number of amides is 1. The third-order valence-corrected chi connectivity index (χ3v) is 4.72. The van der Waals surface area contributed by atoms with E-state index in [4.69, 9.17) is 10.6 Å². The van der Waals surface area contributed by atoms with Gasteiger partial charge in [-0.2, -0.15) is 0 Å². The first-order valence-electron chi connectivity index (χ1n) is 6.70. The highest BCUT2D eigenvalue weighted by Gasteiger charge is 2.65. The quantitative estimate of drug-likeness (QED) is 0.669. The Labute approximate surface area is 113 Å². The van der Waals surface area contributed by atoms with E-state index >= 15 is 0 Å². The Kier molecular flexibility index (Phi) is 2.61. The minimum absolute atomic E-state index is 0.0399. The number of likely N-dealkylation sites (N-methyl/N-ethyl adjacent to an activating group) is 1. The summed E-state index contributed by atoms with van der Waals surface area (Å²) < 4.78 is 0. The van der Waals surface area contributed by atoms with E-state index < -0.39 is 5.41 Å². The SMILES string of the molecule is CON(C)C(=O)C1(c2cccc(N)c2)CC2(CC2)C1. The monoisotopic (exact) mass is 260 g/mol. The van der Waals surface area contributed by atoms with Gasteiger partial charge in [-0.05, 0) is 48.8 Å². The summed E-state index contributed by atoms with van der Waals surface area (Å²) in [7, 11) is 3.20. The van der Waals surface area contributed by atoms with Crippen LogP contribution in [0, 0.1) is 5.41 Å². The van der Waals surface area contributed by atoms with Gasteiger partial charge in [0.15, 0.2) is 0 Å². The molecular formula is C15H20N2O2. The van der Waals surface area contributed by atoms with E-state index in [9.17, 15) is 4.79 Å². The van der Waals surface area contributed by atoms with Crippen LogP contribution in [-0.4, -0.2) is 25.1 Å². The topological polar surface area (TPSA) is 55.6 Å². The van der Waals surface area contributed by atoms with Crippen molar-refractivity contribution in [3.05, 3.63) is 29.8 Å². The van der Waals surface area contributed by atoms with Crippen molar-refractivity contribution in [1.82, 2.24) is 5.06 Å². The molecule has 0 unspecified atom stereocenters. The highest BCUT2D eigenvalue weighted by molar-refractivity contribution is 5.89. The molecule has 2 aliphatic carbocycles. The summed E-state index contributed by atoms with van der Waals surface area (Å²) in [6, 6.07) is 7.71. The van der Waals surface area contributed by atoms with Crippen LogP contribution < -0.4 is 5.73 Å². The van der Waals surface area contributed by atoms with E-state index in [1.807, 2.05) is 24.3 Å². The van der Waals surface area contributed by atoms with Crippen molar-refractivity contribution in [3.8, 4) is 0 Å². The second-order valence-corrected chi connectivity index (χ2v) is 6.05. The average molecular weight is 260 g/mol. The fourth-order valence-electron chi connectivity index (χ4n) is 3.46. The minimum atomic E-state index is -0.434. The molecule has 2 fully saturated rings. The molecule has 2 aliphatic rings. The van der Waals surface area contributed by atoms with Crippen molar-refractivity contribution in [2.45, 2.75) is 31.1 Å². The Morgan fingerprint density at radius 3 is 2.58 bits per heavy atom. The standard InChI is InChI=1S/C15H20N2O2/c1-17(19-2)13(18)15(9-14(10-15)6-7-14)11-4-3-5-12(16)8-11/h3-5,8H,6-7,9-10,16H2,1-2H3. The Hall–Kier alpha value is -1.55. The number of nitrogen functional groups attached to an aromatic ring is 1. The number of nitrogens with two attached hydrogens (primary N) is 1. The van der Waals surface area contributed by atoms with Crippen LogP contribution in [-0.2, 0) is 15.0 Å². The van der Waals surface area contributed by atoms with E-state index in [0.717, 1.165) is 18.4 Å². The predicted molar refractivity (Wildman–Crippen MR) is 73.2 cm³/mol. The van der Waals surface area contributed by atoms with Crippen LogP contribution in [0.3, 0.4) is 0 Å². The fraction of sp³-hybridized carbons (Fsp3) is 0.533. The van der Waals surface area contributed by atoms with E-state index in [1.54, 1.807) is 7.05 Å². The number of anilines is 1. The van der Waals surface area contributed by atoms with Gasteiger partial charge in [0, 0.05) is 12.7 Å². The van der Waals surface area contributed by atoms with Gasteiger partial charge in [0.2, 0.25) is 0 Å². The maximum atomic E-state index is 12.7. The first-order chi connectivity index (χ1) is 9.01. The first-order valence-corrected chi connectivity index (χ1v) is 6.70. The summed E-state index contributed by atoms with van der Waals surface area (Å²) >= 11 is 0. The molecule has 0 bridgehead atoms. The molecule has 1 amide bonds. The number of hydrogen-bond donors (Lipinski definition) is 1. The predicted octanol–water partition coefficient (Wildman–Crippen LogP) is 2.10. The third-order valence-electron chi connectivity index (χ3n) is 4.72. The Morgan fingerprint density at radius 2 is 2.05 bits per heavy atom. The Bertz CT molecular complexity index is 515. The van der Waals surface area contributed by atoms with Gasteiger partial charge in [-0.3, -0.25) is 9.63 Å². The van der Waals surface area contributed by atoms with Gasteiger partial charge in [-0.25, -0.2) is 5.06 Å². The van der Waals surface area contributed by atoms with Gasteiger partial charge < -0.3 is 5.73 Å². The molecule has 2 saturated carbocycles. The van der Waals surface area contributed by atoms with Crippen LogP contribution >= 0.6 is 0 Å². The van der Waals surface area contributed by atoms with E-state index in [2.05, 4.69) is 0 Å². The molecule has 19 heavy (non-hydrogen) atoms. The van der Waals surface area contributed by atoms with Crippen molar-refractivity contribution in [3.63, 3.8) is 0 Å². The number of hydrogen-bond acceptors (Lipinski definition) is 3. The largest absolute Gasteiger partial charge is 0.399 e. The lowest BCUT2D eigenvalue weighted by Crippen LogP contribution is -2.54. The molecule has 0 aromatic heterocycles. The van der Waals surface area contributed by atoms with E-state index in [-0.39, 0.29) is 5.91 Å². The van der Waals surface area contributed by atoms with Gasteiger partial charge in [0.05, 0.1) is 12.5 Å². The molecular weight excluding hydrogens is 240 g/mol. The number of benzene rings is 1. The van der Waals surface area contributed by atoms with Gasteiger partial charge >= 0.3 is 0 Å². The highest BCUT2D eigenvalue weighted by atomic mass is 16.7. The number of nitrogens with zero attached hydrogens (tertiary/aromatic N) is 1. The molecule has 2 N–H and O–H groups in total. The number of carbonyl (C=O) groups is 1. The molecule has 1 aromatic carbocycles. The molecule has 4 heteroatoms. The lowest BCUT2D eigenvalue weighted by molar-refractivity contribution is -0.182. The summed E-state index contributed by atoms with van der Waals surface area (Å²) in [6.45, 7) is 0. The molecule has 3 rings (SSSR count). The molecule has 4 nitrogen and oxygen atoms in total. The molecule has 0 radical (unpaired) electrons. The molecule has 1 aromatic rings. The van der Waals surface area contributed by atoms with Crippen LogP contribution in [0.5, 0.6) is 0 Å². The zero-order valence-electron chi connectivity index (χ0n) is 11.5. The van der Waals surface area contributed by atoms with Crippen LogP contribution in [0.25, 0.3) is 0 Å². The molecule has 102 valence electrons. The molecule has 0 saturated heterocycles. The second kappa shape index (κ2) is 3.97. The van der Waals surface area contributed by atoms with Crippen LogP contribution in [0.15, 0.2) is 24.3 Å². The lowest BCUT2D eigenvalue weighted by atomic mass is 9.56. The third kappa shape index (κ3) is 1.82. The molecule has 0 heterocycles. The number of carbonyl (C=O) groups excluding carboxylic acids is 1. The summed E-state index contributed by atoms with van der Waals surface area (Å²) in [5, 5.41) is 1.35. The zero-order valence-corrected chi connectivity index (χ0v) is 11.5. The minimum Gasteiger partial charge on any atom is -0.399 e. The van der Waals surface area contributed by atoms with Gasteiger partial charge in [-0.15, -0.1) is 0 Å². The number of hydroxylamine groups is 2. The molecule has 1 spiro atoms. The van der Waals surface area contributed by atoms with Crippen molar-refractivity contribution in [2.24, 2.45) is 5.41 Å². The lowest BCUT2D eigenvalue weighted by Gasteiger charge is -2.48. The number of rotatable bonds is 3. The zero-order chi connectivity index (χ0) is 13.7. The smallest absolute Gasteiger partial charge is 0.256 e. The van der Waals surface area contributed by atoms with Crippen LogP contribution in [0.1, 0.15) is 31.2 Å². The molecule has 0 aliphatic heterocycles. The van der Waals surface area contributed by atoms with Gasteiger partial charge in [0.25, 0.3) is 5.91 Å². The van der Waals surface area contributed by atoms with Gasteiger partial charge in [0.1, 0.15) is 0 Å². The molecule has 0 atom stereocenters. The van der Waals surface area contributed by atoms with Gasteiger partial charge in [-0.1, -0.05) is 12.1 Å². The van der Waals surface area contributed by atoms with Crippen LogP contribution in [0.2, 0.25) is 0 Å². The van der Waals surface area contributed by atoms with Crippen molar-refractivity contribution >= 4 is 11.6 Å². The first kappa shape index (κ1) is 12.5.